The molecule has 3 aliphatic rings. The lowest BCUT2D eigenvalue weighted by molar-refractivity contribution is 0.257. The Morgan fingerprint density at radius 2 is 1.68 bits per heavy atom. The van der Waals surface area contributed by atoms with Crippen molar-refractivity contribution in [1.29, 1.82) is 0 Å². The van der Waals surface area contributed by atoms with Crippen molar-refractivity contribution < 1.29 is 4.79 Å². The normalized spacial score (nSPS) is 15.7. The van der Waals surface area contributed by atoms with Gasteiger partial charge in [0.15, 0.2) is 0 Å². The van der Waals surface area contributed by atoms with Crippen molar-refractivity contribution >= 4 is 33.1 Å². The molecule has 34 heavy (non-hydrogen) atoms. The van der Waals surface area contributed by atoms with E-state index in [1.807, 2.05) is 36.4 Å². The Morgan fingerprint density at radius 1 is 0.794 bits per heavy atom. The summed E-state index contributed by atoms with van der Waals surface area (Å²) in [5.74, 6) is 0. The Balaban J connectivity index is 0.000000136. The van der Waals surface area contributed by atoms with E-state index in [0.717, 1.165) is 17.2 Å². The fourth-order valence-corrected chi connectivity index (χ4v) is 5.52. The molecule has 0 aromatic heterocycles. The standard InChI is InChI=1S/C20H20.C11H6N2O/c1-2-14-7-5-9-18-17(14)12-13-19-16-8-4-3-6-15(16)10-11-20(18)19;14-11-12-9-6-5-7-3-1-2-4-8(7)10(9)13-11/h4-5,7-9,12-13H,2-3,6,10-11H2,1H3;1-6H. The molecule has 7 rings (SSSR count). The van der Waals surface area contributed by atoms with E-state index in [1.54, 1.807) is 11.1 Å². The van der Waals surface area contributed by atoms with Gasteiger partial charge in [0.25, 0.3) is 0 Å². The molecule has 1 heterocycles. The predicted octanol–water partition coefficient (Wildman–Crippen LogP) is 6.66. The lowest BCUT2D eigenvalue weighted by atomic mass is 9.79. The maximum absolute atomic E-state index is 11.0. The molecule has 0 bridgehead atoms. The van der Waals surface area contributed by atoms with E-state index in [9.17, 15) is 4.79 Å². The molecule has 4 aromatic carbocycles. The fourth-order valence-electron chi connectivity index (χ4n) is 5.52. The summed E-state index contributed by atoms with van der Waals surface area (Å²) in [5, 5.41) is 6.38. The van der Waals surface area contributed by atoms with E-state index in [0.29, 0.717) is 10.7 Å². The molecule has 0 atom stereocenters. The maximum atomic E-state index is 11.0. The van der Waals surface area contributed by atoms with Gasteiger partial charge in [-0.05, 0) is 76.6 Å². The molecule has 2 amide bonds. The third-order valence-electron chi connectivity index (χ3n) is 7.19. The zero-order valence-electron chi connectivity index (χ0n) is 19.3. The molecule has 2 aliphatic carbocycles. The second kappa shape index (κ2) is 8.49. The molecule has 4 aromatic rings. The predicted molar refractivity (Wildman–Crippen MR) is 139 cm³/mol. The molecule has 3 nitrogen and oxygen atoms in total. The monoisotopic (exact) mass is 442 g/mol. The summed E-state index contributed by atoms with van der Waals surface area (Å²) >= 11 is 0. The Kier molecular flexibility index (Phi) is 5.18. The van der Waals surface area contributed by atoms with Crippen molar-refractivity contribution in [2.75, 3.05) is 0 Å². The first-order valence-corrected chi connectivity index (χ1v) is 12.1. The zero-order valence-corrected chi connectivity index (χ0v) is 19.3. The number of allylic oxidation sites excluding steroid dienone is 4. The molecule has 0 fully saturated rings. The third-order valence-corrected chi connectivity index (χ3v) is 7.19. The summed E-state index contributed by atoms with van der Waals surface area (Å²) < 4.78 is 0. The van der Waals surface area contributed by atoms with Crippen LogP contribution in [0.1, 0.15) is 42.9 Å². The summed E-state index contributed by atoms with van der Waals surface area (Å²) in [6.07, 6.45) is 10.8. The van der Waals surface area contributed by atoms with Crippen molar-refractivity contribution in [3.8, 4) is 0 Å². The van der Waals surface area contributed by atoms with Crippen molar-refractivity contribution in [3.05, 3.63) is 112 Å². The Labute approximate surface area is 198 Å². The van der Waals surface area contributed by atoms with Crippen LogP contribution in [0.4, 0.5) is 4.79 Å². The minimum absolute atomic E-state index is 0.406. The number of amides is 2. The van der Waals surface area contributed by atoms with Gasteiger partial charge in [0.1, 0.15) is 5.36 Å². The molecule has 166 valence electrons. The number of urea groups is 1. The summed E-state index contributed by atoms with van der Waals surface area (Å²) in [7, 11) is 0. The van der Waals surface area contributed by atoms with Crippen LogP contribution in [0.15, 0.2) is 94.4 Å². The number of nitrogens with zero attached hydrogens (tertiary/aromatic N) is 2. The molecule has 0 N–H and O–H groups in total. The molecule has 0 saturated carbocycles. The number of hydrogen-bond acceptors (Lipinski definition) is 1. The van der Waals surface area contributed by atoms with Crippen LogP contribution < -0.4 is 10.7 Å². The summed E-state index contributed by atoms with van der Waals surface area (Å²) in [6.45, 7) is 2.25. The van der Waals surface area contributed by atoms with E-state index < -0.39 is 6.03 Å². The topological polar surface area (TPSA) is 41.8 Å². The van der Waals surface area contributed by atoms with Crippen LogP contribution in [0.5, 0.6) is 0 Å². The van der Waals surface area contributed by atoms with Gasteiger partial charge >= 0.3 is 6.03 Å². The Bertz CT molecular complexity index is 1660. The van der Waals surface area contributed by atoms with Gasteiger partial charge in [-0.25, -0.2) is 4.79 Å². The Hall–Kier alpha value is -3.85. The first-order chi connectivity index (χ1) is 16.7. The van der Waals surface area contributed by atoms with Crippen molar-refractivity contribution in [2.45, 2.75) is 39.0 Å². The smallest absolute Gasteiger partial charge is 0.244 e. The SMILES string of the molecule is CCc1cccc2c3c(ccc12)C1=C(CCC=C1)CC3.O=C1N=c2ccc3ccccc3c2=N1. The molecular weight excluding hydrogens is 416 g/mol. The molecule has 0 spiro atoms. The average Bonchev–Trinajstić information content (AvgIpc) is 3.29. The molecule has 3 heteroatoms. The minimum atomic E-state index is -0.406. The number of aryl methyl sites for hydroxylation is 2. The highest BCUT2D eigenvalue weighted by molar-refractivity contribution is 5.95. The van der Waals surface area contributed by atoms with Crippen LogP contribution in [0.2, 0.25) is 0 Å². The van der Waals surface area contributed by atoms with Crippen molar-refractivity contribution in [1.82, 2.24) is 0 Å². The molecular formula is C31H26N2O. The van der Waals surface area contributed by atoms with E-state index >= 15 is 0 Å². The largest absolute Gasteiger partial charge is 0.368 e. The van der Waals surface area contributed by atoms with Gasteiger partial charge in [0.2, 0.25) is 0 Å². The van der Waals surface area contributed by atoms with Crippen molar-refractivity contribution in [3.63, 3.8) is 0 Å². The first-order valence-electron chi connectivity index (χ1n) is 12.1. The number of rotatable bonds is 1. The second-order valence-electron chi connectivity index (χ2n) is 9.08. The second-order valence-corrected chi connectivity index (χ2v) is 9.08. The lowest BCUT2D eigenvalue weighted by Gasteiger charge is -2.25. The summed E-state index contributed by atoms with van der Waals surface area (Å²) in [6, 6.07) is 22.7. The molecule has 1 aliphatic heterocycles. The highest BCUT2D eigenvalue weighted by Crippen LogP contribution is 2.40. The number of carbonyl (C=O) groups is 1. The third kappa shape index (κ3) is 3.49. The maximum Gasteiger partial charge on any atom is 0.368 e. The lowest BCUT2D eigenvalue weighted by Crippen LogP contribution is -2.21. The fraction of sp³-hybridized carbons (Fsp3) is 0.194. The van der Waals surface area contributed by atoms with Gasteiger partial charge in [-0.3, -0.25) is 0 Å². The van der Waals surface area contributed by atoms with Gasteiger partial charge in [0, 0.05) is 5.39 Å². The van der Waals surface area contributed by atoms with Crippen LogP contribution in [0.3, 0.4) is 0 Å². The first kappa shape index (κ1) is 20.7. The Morgan fingerprint density at radius 3 is 2.59 bits per heavy atom. The van der Waals surface area contributed by atoms with E-state index in [4.69, 9.17) is 0 Å². The van der Waals surface area contributed by atoms with E-state index in [1.165, 1.54) is 53.2 Å². The summed E-state index contributed by atoms with van der Waals surface area (Å²) in [5.41, 5.74) is 7.72. The molecule has 0 radical (unpaired) electrons. The van der Waals surface area contributed by atoms with Gasteiger partial charge < -0.3 is 0 Å². The highest BCUT2D eigenvalue weighted by Gasteiger charge is 2.20. The average molecular weight is 443 g/mol. The van der Waals surface area contributed by atoms with Gasteiger partial charge in [0.05, 0.1) is 5.36 Å². The zero-order chi connectivity index (χ0) is 23.1. The van der Waals surface area contributed by atoms with Crippen LogP contribution in [0.25, 0.3) is 27.1 Å². The van der Waals surface area contributed by atoms with Gasteiger partial charge in [-0.2, -0.15) is 9.98 Å². The molecule has 0 saturated heterocycles. The van der Waals surface area contributed by atoms with Crippen molar-refractivity contribution in [2.24, 2.45) is 9.98 Å². The number of benzene rings is 4. The van der Waals surface area contributed by atoms with E-state index in [-0.39, 0.29) is 0 Å². The van der Waals surface area contributed by atoms with Crippen LogP contribution in [-0.2, 0) is 12.8 Å². The van der Waals surface area contributed by atoms with Crippen LogP contribution in [0, 0.1) is 0 Å². The quantitative estimate of drug-likeness (QED) is 0.325. The van der Waals surface area contributed by atoms with Gasteiger partial charge in [-0.1, -0.05) is 85.3 Å². The summed E-state index contributed by atoms with van der Waals surface area (Å²) in [4.78, 5) is 18.7. The minimum Gasteiger partial charge on any atom is -0.244 e. The van der Waals surface area contributed by atoms with Gasteiger partial charge in [-0.15, -0.1) is 0 Å². The number of fused-ring (bicyclic) bond motifs is 7. The van der Waals surface area contributed by atoms with Crippen LogP contribution in [-0.4, -0.2) is 6.03 Å². The molecule has 0 unspecified atom stereocenters. The number of carbonyl (C=O) groups excluding carboxylic acids is 1. The number of hydrogen-bond donors (Lipinski definition) is 0. The van der Waals surface area contributed by atoms with Crippen LogP contribution >= 0.6 is 0 Å². The highest BCUT2D eigenvalue weighted by atomic mass is 16.2. The van der Waals surface area contributed by atoms with E-state index in [2.05, 4.69) is 59.4 Å².